The third-order valence-corrected chi connectivity index (χ3v) is 9.68. The smallest absolute Gasteiger partial charge is 0.419 e. The molecule has 0 aliphatic rings. The van der Waals surface area contributed by atoms with E-state index in [2.05, 4.69) is 43.8 Å². The number of nitrogens with zero attached hydrogens (tertiary/aromatic N) is 3. The van der Waals surface area contributed by atoms with Gasteiger partial charge in [-0.05, 0) is 37.2 Å². The van der Waals surface area contributed by atoms with E-state index in [1.807, 2.05) is 37.3 Å². The zero-order chi connectivity index (χ0) is 21.7. The standard InChI is InChI=1S/C21H31N3O4Si/c1-16(28-29(6,7)21(2,3)4)19(26-17-11-9-8-10-12-17)24(5)20(25)27-18-13-14-22-15-23-18/h8-16,19H,1-7H3. The summed E-state index contributed by atoms with van der Waals surface area (Å²) in [4.78, 5) is 21.9. The fourth-order valence-electron chi connectivity index (χ4n) is 2.43. The van der Waals surface area contributed by atoms with Crippen LogP contribution >= 0.6 is 0 Å². The van der Waals surface area contributed by atoms with Crippen molar-refractivity contribution in [1.82, 2.24) is 14.9 Å². The Bertz CT molecular complexity index is 782. The summed E-state index contributed by atoms with van der Waals surface area (Å²) in [5, 5.41) is 0.0264. The molecule has 7 nitrogen and oxygen atoms in total. The minimum absolute atomic E-state index is 0.0264. The van der Waals surface area contributed by atoms with Crippen molar-refractivity contribution in [3.63, 3.8) is 0 Å². The van der Waals surface area contributed by atoms with Crippen molar-refractivity contribution >= 4 is 14.4 Å². The molecular weight excluding hydrogens is 386 g/mol. The van der Waals surface area contributed by atoms with E-state index in [1.54, 1.807) is 7.05 Å². The Balaban J connectivity index is 2.22. The number of amides is 1. The molecule has 2 rings (SSSR count). The highest BCUT2D eigenvalue weighted by atomic mass is 28.4. The first-order valence-electron chi connectivity index (χ1n) is 9.61. The molecule has 0 aliphatic heterocycles. The molecule has 0 saturated heterocycles. The van der Waals surface area contributed by atoms with Crippen LogP contribution in [0.2, 0.25) is 18.1 Å². The molecule has 1 aromatic heterocycles. The first-order chi connectivity index (χ1) is 13.5. The van der Waals surface area contributed by atoms with Crippen molar-refractivity contribution in [1.29, 1.82) is 0 Å². The van der Waals surface area contributed by atoms with Gasteiger partial charge in [-0.3, -0.25) is 4.90 Å². The molecular formula is C21H31N3O4Si. The molecule has 1 aromatic carbocycles. The number of aromatic nitrogens is 2. The Morgan fingerprint density at radius 2 is 1.79 bits per heavy atom. The maximum Gasteiger partial charge on any atom is 0.419 e. The van der Waals surface area contributed by atoms with Crippen LogP contribution in [0.25, 0.3) is 0 Å². The average Bonchev–Trinajstić information content (AvgIpc) is 2.66. The van der Waals surface area contributed by atoms with Crippen LogP contribution < -0.4 is 9.47 Å². The van der Waals surface area contributed by atoms with E-state index >= 15 is 0 Å². The highest BCUT2D eigenvalue weighted by molar-refractivity contribution is 6.74. The SMILES string of the molecule is CC(O[Si](C)(C)C(C)(C)C)C(Oc1ccccc1)N(C)C(=O)Oc1ccncn1. The van der Waals surface area contributed by atoms with E-state index in [0.717, 1.165) is 0 Å². The van der Waals surface area contributed by atoms with Gasteiger partial charge in [0.25, 0.3) is 0 Å². The van der Waals surface area contributed by atoms with Gasteiger partial charge in [0.1, 0.15) is 12.1 Å². The maximum absolute atomic E-state index is 12.7. The number of ether oxygens (including phenoxy) is 2. The third-order valence-electron chi connectivity index (χ3n) is 5.10. The second kappa shape index (κ2) is 9.36. The normalized spacial score (nSPS) is 14.0. The van der Waals surface area contributed by atoms with Crippen molar-refractivity contribution in [2.24, 2.45) is 0 Å². The minimum atomic E-state index is -2.08. The average molecular weight is 418 g/mol. The molecule has 0 radical (unpaired) electrons. The van der Waals surface area contributed by atoms with E-state index in [4.69, 9.17) is 13.9 Å². The fourth-order valence-corrected chi connectivity index (χ4v) is 3.83. The van der Waals surface area contributed by atoms with Crippen LogP contribution in [0.5, 0.6) is 11.6 Å². The van der Waals surface area contributed by atoms with E-state index in [-0.39, 0.29) is 17.0 Å². The molecule has 0 bridgehead atoms. The summed E-state index contributed by atoms with van der Waals surface area (Å²) in [7, 11) is -0.455. The fraction of sp³-hybridized carbons (Fsp3) is 0.476. The van der Waals surface area contributed by atoms with E-state index in [1.165, 1.54) is 23.5 Å². The molecule has 0 N–H and O–H groups in total. The van der Waals surface area contributed by atoms with Gasteiger partial charge in [-0.1, -0.05) is 39.0 Å². The van der Waals surface area contributed by atoms with Crippen molar-refractivity contribution in [3.8, 4) is 11.6 Å². The highest BCUT2D eigenvalue weighted by Gasteiger charge is 2.41. The van der Waals surface area contributed by atoms with Gasteiger partial charge >= 0.3 is 6.09 Å². The van der Waals surface area contributed by atoms with Gasteiger partial charge in [0.15, 0.2) is 8.32 Å². The van der Waals surface area contributed by atoms with Crippen molar-refractivity contribution in [3.05, 3.63) is 48.9 Å². The van der Waals surface area contributed by atoms with Crippen LogP contribution in [0.4, 0.5) is 4.79 Å². The molecule has 2 aromatic rings. The molecule has 8 heteroatoms. The number of hydrogen-bond donors (Lipinski definition) is 0. The van der Waals surface area contributed by atoms with Gasteiger partial charge in [-0.15, -0.1) is 0 Å². The third kappa shape index (κ3) is 6.27. The number of para-hydroxylation sites is 1. The monoisotopic (exact) mass is 417 g/mol. The molecule has 2 atom stereocenters. The van der Waals surface area contributed by atoms with Crippen molar-refractivity contribution in [2.45, 2.75) is 58.2 Å². The largest absolute Gasteiger partial charge is 0.468 e. The summed E-state index contributed by atoms with van der Waals surface area (Å²) >= 11 is 0. The Morgan fingerprint density at radius 1 is 1.14 bits per heavy atom. The lowest BCUT2D eigenvalue weighted by molar-refractivity contribution is -0.0293. The van der Waals surface area contributed by atoms with Crippen LogP contribution in [-0.4, -0.2) is 48.7 Å². The Morgan fingerprint density at radius 3 is 2.34 bits per heavy atom. The topological polar surface area (TPSA) is 73.8 Å². The highest BCUT2D eigenvalue weighted by Crippen LogP contribution is 2.38. The van der Waals surface area contributed by atoms with Gasteiger partial charge in [0.05, 0.1) is 6.10 Å². The molecule has 1 heterocycles. The van der Waals surface area contributed by atoms with Crippen LogP contribution in [-0.2, 0) is 4.43 Å². The lowest BCUT2D eigenvalue weighted by atomic mass is 10.2. The minimum Gasteiger partial charge on any atom is -0.468 e. The van der Waals surface area contributed by atoms with Gasteiger partial charge < -0.3 is 13.9 Å². The Kier molecular flexibility index (Phi) is 7.37. The zero-order valence-corrected chi connectivity index (χ0v) is 19.2. The number of benzene rings is 1. The summed E-state index contributed by atoms with van der Waals surface area (Å²) in [6.07, 6.45) is 1.19. The predicted octanol–water partition coefficient (Wildman–Crippen LogP) is 4.72. The maximum atomic E-state index is 12.7. The number of carbonyl (C=O) groups is 1. The first kappa shape index (κ1) is 22.8. The van der Waals surface area contributed by atoms with Gasteiger partial charge in [0.2, 0.25) is 12.1 Å². The molecule has 0 fully saturated rings. The molecule has 0 saturated carbocycles. The lowest BCUT2D eigenvalue weighted by Gasteiger charge is -2.41. The summed E-state index contributed by atoms with van der Waals surface area (Å²) in [6.45, 7) is 12.8. The predicted molar refractivity (Wildman–Crippen MR) is 114 cm³/mol. The molecule has 29 heavy (non-hydrogen) atoms. The lowest BCUT2D eigenvalue weighted by Crippen LogP contribution is -2.54. The zero-order valence-electron chi connectivity index (χ0n) is 18.2. The van der Waals surface area contributed by atoms with Crippen molar-refractivity contribution in [2.75, 3.05) is 7.05 Å². The van der Waals surface area contributed by atoms with Crippen LogP contribution in [0.1, 0.15) is 27.7 Å². The molecule has 0 aliphatic carbocycles. The van der Waals surface area contributed by atoms with Crippen LogP contribution in [0.3, 0.4) is 0 Å². The first-order valence-corrected chi connectivity index (χ1v) is 12.5. The quantitative estimate of drug-likeness (QED) is 0.479. The van der Waals surface area contributed by atoms with E-state index in [9.17, 15) is 4.79 Å². The van der Waals surface area contributed by atoms with Gasteiger partial charge in [-0.2, -0.15) is 0 Å². The summed E-state index contributed by atoms with van der Waals surface area (Å²) in [6, 6.07) is 10.9. The summed E-state index contributed by atoms with van der Waals surface area (Å²) in [5.41, 5.74) is 0. The van der Waals surface area contributed by atoms with Crippen molar-refractivity contribution < 1.29 is 18.7 Å². The molecule has 158 valence electrons. The van der Waals surface area contributed by atoms with Crippen LogP contribution in [0.15, 0.2) is 48.9 Å². The summed E-state index contributed by atoms with van der Waals surface area (Å²) in [5.74, 6) is 0.818. The number of likely N-dealkylation sites (N-methyl/N-ethyl adjacent to an activating group) is 1. The Labute approximate surface area is 174 Å². The molecule has 1 amide bonds. The van der Waals surface area contributed by atoms with E-state index < -0.39 is 20.6 Å². The van der Waals surface area contributed by atoms with Gasteiger partial charge in [-0.25, -0.2) is 14.8 Å². The van der Waals surface area contributed by atoms with Crippen LogP contribution in [0, 0.1) is 0 Å². The number of carbonyl (C=O) groups excluding carboxylic acids is 1. The second-order valence-corrected chi connectivity index (χ2v) is 13.2. The number of hydrogen-bond acceptors (Lipinski definition) is 6. The van der Waals surface area contributed by atoms with Gasteiger partial charge in [0, 0.05) is 19.3 Å². The molecule has 0 spiro atoms. The Hall–Kier alpha value is -2.45. The molecule has 2 unspecified atom stereocenters. The summed E-state index contributed by atoms with van der Waals surface area (Å²) < 4.78 is 18.0. The van der Waals surface area contributed by atoms with E-state index in [0.29, 0.717) is 5.75 Å². The number of rotatable bonds is 7. The second-order valence-electron chi connectivity index (χ2n) is 8.43.